The Morgan fingerprint density at radius 2 is 0.982 bits per heavy atom. The predicted molar refractivity (Wildman–Crippen MR) is 245 cm³/mol. The van der Waals surface area contributed by atoms with Crippen LogP contribution in [0.15, 0.2) is 200 Å². The van der Waals surface area contributed by atoms with Crippen molar-refractivity contribution in [3.63, 3.8) is 0 Å². The molecule has 0 bridgehead atoms. The maximum atomic E-state index is 2.44. The fourth-order valence-electron chi connectivity index (χ4n) is 9.33. The van der Waals surface area contributed by atoms with Crippen molar-refractivity contribution in [1.29, 1.82) is 0 Å². The van der Waals surface area contributed by atoms with Gasteiger partial charge < -0.3 is 4.90 Å². The van der Waals surface area contributed by atoms with Crippen LogP contribution in [0.1, 0.15) is 25.0 Å². The number of para-hydroxylation sites is 1. The summed E-state index contributed by atoms with van der Waals surface area (Å²) in [4.78, 5) is 2.44. The molecule has 1 nitrogen and oxygen atoms in total. The Kier molecular flexibility index (Phi) is 7.77. The van der Waals surface area contributed by atoms with Crippen LogP contribution in [-0.4, -0.2) is 0 Å². The molecule has 9 aromatic carbocycles. The fourth-order valence-corrected chi connectivity index (χ4v) is 10.6. The van der Waals surface area contributed by atoms with E-state index in [4.69, 9.17) is 0 Å². The quantitative estimate of drug-likeness (QED) is 0.164. The Labute approximate surface area is 337 Å². The Balaban J connectivity index is 1.06. The van der Waals surface area contributed by atoms with Crippen LogP contribution in [0, 0.1) is 0 Å². The largest absolute Gasteiger partial charge is 0.310 e. The van der Waals surface area contributed by atoms with Crippen LogP contribution in [0.3, 0.4) is 0 Å². The molecule has 10 aromatic rings. The topological polar surface area (TPSA) is 3.24 Å². The van der Waals surface area contributed by atoms with Gasteiger partial charge in [-0.25, -0.2) is 0 Å². The first-order valence-corrected chi connectivity index (χ1v) is 20.6. The summed E-state index contributed by atoms with van der Waals surface area (Å²) in [6, 6.07) is 73.8. The highest BCUT2D eigenvalue weighted by molar-refractivity contribution is 7.26. The van der Waals surface area contributed by atoms with E-state index in [1.165, 1.54) is 86.6 Å². The van der Waals surface area contributed by atoms with Crippen LogP contribution in [0.2, 0.25) is 0 Å². The van der Waals surface area contributed by atoms with Crippen molar-refractivity contribution < 1.29 is 0 Å². The van der Waals surface area contributed by atoms with Crippen molar-refractivity contribution in [2.24, 2.45) is 0 Å². The molecule has 0 atom stereocenters. The second-order valence-corrected chi connectivity index (χ2v) is 16.7. The summed E-state index contributed by atoms with van der Waals surface area (Å²) >= 11 is 1.88. The zero-order valence-corrected chi connectivity index (χ0v) is 32.7. The summed E-state index contributed by atoms with van der Waals surface area (Å²) in [7, 11) is 0. The second-order valence-electron chi connectivity index (χ2n) is 15.7. The minimum absolute atomic E-state index is 0.0907. The maximum Gasteiger partial charge on any atom is 0.0540 e. The fraction of sp³-hybridized carbons (Fsp3) is 0.0545. The number of fused-ring (bicyclic) bond motifs is 7. The van der Waals surface area contributed by atoms with Gasteiger partial charge in [-0.05, 0) is 97.7 Å². The smallest absolute Gasteiger partial charge is 0.0540 e. The van der Waals surface area contributed by atoms with Crippen LogP contribution < -0.4 is 4.90 Å². The van der Waals surface area contributed by atoms with Crippen molar-refractivity contribution >= 4 is 59.3 Å². The van der Waals surface area contributed by atoms with Gasteiger partial charge in [0.1, 0.15) is 0 Å². The van der Waals surface area contributed by atoms with Crippen LogP contribution in [-0.2, 0) is 5.41 Å². The van der Waals surface area contributed by atoms with Crippen LogP contribution >= 0.6 is 11.3 Å². The molecule has 1 aliphatic carbocycles. The van der Waals surface area contributed by atoms with Crippen LogP contribution in [0.25, 0.3) is 75.5 Å². The monoisotopic (exact) mass is 745 g/mol. The Hall–Kier alpha value is -6.74. The van der Waals surface area contributed by atoms with Crippen LogP contribution in [0.5, 0.6) is 0 Å². The lowest BCUT2D eigenvalue weighted by Crippen LogP contribution is -2.16. The van der Waals surface area contributed by atoms with Gasteiger partial charge >= 0.3 is 0 Å². The summed E-state index contributed by atoms with van der Waals surface area (Å²) in [5.41, 5.74) is 16.2. The highest BCUT2D eigenvalue weighted by Crippen LogP contribution is 2.52. The molecule has 0 spiro atoms. The van der Waals surface area contributed by atoms with Gasteiger partial charge in [-0.2, -0.15) is 0 Å². The normalized spacial score (nSPS) is 12.9. The first-order valence-electron chi connectivity index (χ1n) is 19.8. The molecule has 1 aromatic heterocycles. The van der Waals surface area contributed by atoms with E-state index in [1.807, 2.05) is 11.3 Å². The molecular formula is C55H39NS. The van der Waals surface area contributed by atoms with E-state index >= 15 is 0 Å². The number of benzene rings is 9. The third-order valence-corrected chi connectivity index (χ3v) is 13.3. The molecule has 0 radical (unpaired) electrons. The zero-order chi connectivity index (χ0) is 38.1. The molecule has 57 heavy (non-hydrogen) atoms. The zero-order valence-electron chi connectivity index (χ0n) is 31.9. The highest BCUT2D eigenvalue weighted by Gasteiger charge is 2.37. The molecule has 0 amide bonds. The minimum Gasteiger partial charge on any atom is -0.310 e. The van der Waals surface area contributed by atoms with Gasteiger partial charge in [0.25, 0.3) is 0 Å². The van der Waals surface area contributed by atoms with Crippen molar-refractivity contribution in [2.45, 2.75) is 19.3 Å². The van der Waals surface area contributed by atoms with Crippen molar-refractivity contribution in [3.8, 4) is 44.5 Å². The lowest BCUT2D eigenvalue weighted by Gasteiger charge is -2.29. The number of rotatable bonds is 6. The minimum atomic E-state index is -0.0907. The third-order valence-electron chi connectivity index (χ3n) is 12.1. The SMILES string of the molecule is CC1(C)c2ccccc2-c2cccc(-c3ccc(N(c4ccc(-c5ccc6ccccc6c5)cc4)c4ccccc4-c4cccc5c4sc4ccccc45)cc3)c21. The van der Waals surface area contributed by atoms with Gasteiger partial charge in [0.2, 0.25) is 0 Å². The van der Waals surface area contributed by atoms with Crippen LogP contribution in [0.4, 0.5) is 17.1 Å². The van der Waals surface area contributed by atoms with Gasteiger partial charge in [-0.3, -0.25) is 0 Å². The van der Waals surface area contributed by atoms with Gasteiger partial charge in [0.15, 0.2) is 0 Å². The van der Waals surface area contributed by atoms with E-state index in [0.717, 1.165) is 17.1 Å². The lowest BCUT2D eigenvalue weighted by atomic mass is 9.79. The summed E-state index contributed by atoms with van der Waals surface area (Å²) in [5.74, 6) is 0. The third kappa shape index (κ3) is 5.44. The van der Waals surface area contributed by atoms with Crippen molar-refractivity contribution in [3.05, 3.63) is 211 Å². The standard InChI is InChI=1S/C55H39NS/c1-55(2)50-22-8-5-15-44(50)47-19-11-18-43(53(47)55)38-29-33-42(34-30-38)56(41-31-27-37(28-32-41)40-26-25-36-13-3-4-14-39(36)35-40)51-23-9-6-16-45(51)48-20-12-21-49-46-17-7-10-24-52(46)57-54(48)49/h3-35H,1-2H3. The van der Waals surface area contributed by atoms with Gasteiger partial charge in [-0.15, -0.1) is 11.3 Å². The predicted octanol–water partition coefficient (Wildman–Crippen LogP) is 16.0. The molecular weight excluding hydrogens is 707 g/mol. The second kappa shape index (κ2) is 13.2. The van der Waals surface area contributed by atoms with Crippen molar-refractivity contribution in [1.82, 2.24) is 0 Å². The van der Waals surface area contributed by atoms with E-state index < -0.39 is 0 Å². The van der Waals surface area contributed by atoms with E-state index in [9.17, 15) is 0 Å². The van der Waals surface area contributed by atoms with E-state index in [-0.39, 0.29) is 5.41 Å². The highest BCUT2D eigenvalue weighted by atomic mass is 32.1. The molecule has 0 aliphatic heterocycles. The van der Waals surface area contributed by atoms with E-state index in [0.29, 0.717) is 0 Å². The summed E-state index contributed by atoms with van der Waals surface area (Å²) in [6.07, 6.45) is 0. The summed E-state index contributed by atoms with van der Waals surface area (Å²) in [6.45, 7) is 4.74. The molecule has 0 N–H and O–H groups in total. The Morgan fingerprint density at radius 1 is 0.404 bits per heavy atom. The van der Waals surface area contributed by atoms with E-state index in [2.05, 4.69) is 219 Å². The Morgan fingerprint density at radius 3 is 1.81 bits per heavy atom. The number of hydrogen-bond acceptors (Lipinski definition) is 2. The van der Waals surface area contributed by atoms with E-state index in [1.54, 1.807) is 0 Å². The van der Waals surface area contributed by atoms with Crippen molar-refractivity contribution in [2.75, 3.05) is 4.90 Å². The molecule has 0 unspecified atom stereocenters. The van der Waals surface area contributed by atoms with Gasteiger partial charge in [-0.1, -0.05) is 172 Å². The molecule has 270 valence electrons. The number of nitrogens with zero attached hydrogens (tertiary/aromatic N) is 1. The van der Waals surface area contributed by atoms with Gasteiger partial charge in [0, 0.05) is 48.1 Å². The first kappa shape index (κ1) is 33.6. The number of anilines is 3. The Bertz CT molecular complexity index is 3150. The molecule has 1 aliphatic rings. The molecule has 1 heterocycles. The first-order chi connectivity index (χ1) is 28.0. The van der Waals surface area contributed by atoms with Gasteiger partial charge in [0.05, 0.1) is 5.69 Å². The molecule has 2 heteroatoms. The molecule has 0 saturated heterocycles. The number of thiophene rings is 1. The molecule has 11 rings (SSSR count). The molecule has 0 fully saturated rings. The summed E-state index contributed by atoms with van der Waals surface area (Å²) in [5, 5.41) is 5.12. The maximum absolute atomic E-state index is 2.44. The number of hydrogen-bond donors (Lipinski definition) is 0. The average Bonchev–Trinajstić information content (AvgIpc) is 3.76. The lowest BCUT2D eigenvalue weighted by molar-refractivity contribution is 0.662. The average molecular weight is 746 g/mol. The molecule has 0 saturated carbocycles. The summed E-state index contributed by atoms with van der Waals surface area (Å²) < 4.78 is 2.63.